The van der Waals surface area contributed by atoms with Gasteiger partial charge in [-0.2, -0.15) is 0 Å². The minimum Gasteiger partial charge on any atom is -0.365 e. The molecule has 1 heterocycles. The fraction of sp³-hybridized carbons (Fsp3) is 0.600. The Bertz CT molecular complexity index is 878. The Morgan fingerprint density at radius 2 is 1.79 bits per heavy atom. The van der Waals surface area contributed by atoms with Crippen LogP contribution in [0.1, 0.15) is 63.9 Å². The predicted octanol–water partition coefficient (Wildman–Crippen LogP) is 3.92. The molecule has 0 bridgehead atoms. The summed E-state index contributed by atoms with van der Waals surface area (Å²) in [7, 11) is 0. The molecule has 3 saturated carbocycles. The van der Waals surface area contributed by atoms with Crippen LogP contribution < -0.4 is 11.1 Å². The van der Waals surface area contributed by atoms with Gasteiger partial charge in [0.05, 0.1) is 0 Å². The summed E-state index contributed by atoms with van der Waals surface area (Å²) >= 11 is 0. The van der Waals surface area contributed by atoms with Crippen molar-refractivity contribution in [2.24, 2.45) is 34.3 Å². The zero-order valence-corrected chi connectivity index (χ0v) is 17.5. The van der Waals surface area contributed by atoms with Crippen molar-refractivity contribution in [3.63, 3.8) is 0 Å². The topological polar surface area (TPSA) is 72.2 Å². The predicted molar refractivity (Wildman–Crippen MR) is 113 cm³/mol. The van der Waals surface area contributed by atoms with Gasteiger partial charge in [0.2, 0.25) is 0 Å². The van der Waals surface area contributed by atoms with E-state index in [1.54, 1.807) is 0 Å². The Hall–Kier alpha value is -2.10. The van der Waals surface area contributed by atoms with Gasteiger partial charge in [-0.3, -0.25) is 9.59 Å². The first kappa shape index (κ1) is 18.9. The molecule has 0 saturated heterocycles. The van der Waals surface area contributed by atoms with Crippen LogP contribution in [0.3, 0.4) is 0 Å². The molecule has 0 aromatic heterocycles. The maximum absolute atomic E-state index is 12.3. The molecule has 1 aromatic carbocycles. The van der Waals surface area contributed by atoms with Crippen LogP contribution in [0.25, 0.3) is 0 Å². The number of carbonyl (C=O) groups is 2. The summed E-state index contributed by atoms with van der Waals surface area (Å²) in [6, 6.07) is 11.2. The van der Waals surface area contributed by atoms with Crippen molar-refractivity contribution >= 4 is 11.8 Å². The van der Waals surface area contributed by atoms with Crippen molar-refractivity contribution < 1.29 is 9.59 Å². The van der Waals surface area contributed by atoms with Crippen LogP contribution in [0.4, 0.5) is 0 Å². The number of hydrogen-bond acceptors (Lipinski definition) is 2. The highest BCUT2D eigenvalue weighted by molar-refractivity contribution is 6.18. The molecule has 1 aromatic rings. The first-order valence-electron chi connectivity index (χ1n) is 11.2. The average Bonchev–Trinajstić information content (AvgIpc) is 3.06. The molecule has 3 N–H and O–H groups in total. The highest BCUT2D eigenvalue weighted by atomic mass is 16.2. The first-order valence-corrected chi connectivity index (χ1v) is 11.2. The minimum absolute atomic E-state index is 0.120. The van der Waals surface area contributed by atoms with Gasteiger partial charge in [0, 0.05) is 11.5 Å². The molecule has 154 valence electrons. The third-order valence-corrected chi connectivity index (χ3v) is 9.25. The summed E-state index contributed by atoms with van der Waals surface area (Å²) in [5.41, 5.74) is 7.36. The van der Waals surface area contributed by atoms with Gasteiger partial charge in [0.15, 0.2) is 0 Å². The molecular formula is C25H32N2O2. The lowest BCUT2D eigenvalue weighted by Gasteiger charge is -2.59. The summed E-state index contributed by atoms with van der Waals surface area (Å²) in [5, 5.41) is 3.12. The van der Waals surface area contributed by atoms with Crippen LogP contribution >= 0.6 is 0 Å². The van der Waals surface area contributed by atoms with E-state index in [2.05, 4.69) is 49.5 Å². The van der Waals surface area contributed by atoms with Crippen LogP contribution in [0.15, 0.2) is 42.0 Å². The first-order chi connectivity index (χ1) is 13.8. The average molecular weight is 393 g/mol. The molecule has 3 aliphatic carbocycles. The number of amides is 2. The second kappa shape index (κ2) is 6.45. The maximum atomic E-state index is 12.3. The Labute approximate surface area is 173 Å². The van der Waals surface area contributed by atoms with Gasteiger partial charge >= 0.3 is 0 Å². The van der Waals surface area contributed by atoms with Crippen LogP contribution in [0, 0.1) is 28.6 Å². The number of fused-ring (bicyclic) bond motifs is 5. The van der Waals surface area contributed by atoms with E-state index in [1.165, 1.54) is 31.2 Å². The molecule has 1 aliphatic heterocycles. The van der Waals surface area contributed by atoms with Crippen LogP contribution in [-0.4, -0.2) is 17.9 Å². The Morgan fingerprint density at radius 3 is 2.52 bits per heavy atom. The van der Waals surface area contributed by atoms with Crippen molar-refractivity contribution in [1.29, 1.82) is 0 Å². The quantitative estimate of drug-likeness (QED) is 0.749. The van der Waals surface area contributed by atoms with Gasteiger partial charge in [0.1, 0.15) is 5.57 Å². The van der Waals surface area contributed by atoms with Crippen LogP contribution in [-0.2, 0) is 9.59 Å². The smallest absolute Gasteiger partial charge is 0.256 e. The number of primary amides is 1. The van der Waals surface area contributed by atoms with Gasteiger partial charge in [-0.15, -0.1) is 0 Å². The van der Waals surface area contributed by atoms with E-state index in [4.69, 9.17) is 5.73 Å². The molecule has 4 aliphatic rings. The molecule has 2 amide bonds. The van der Waals surface area contributed by atoms with Crippen LogP contribution in [0.2, 0.25) is 0 Å². The van der Waals surface area contributed by atoms with E-state index in [1.807, 2.05) is 6.08 Å². The molecule has 4 heteroatoms. The molecule has 5 rings (SSSR count). The minimum atomic E-state index is -0.602. The van der Waals surface area contributed by atoms with Gasteiger partial charge < -0.3 is 11.1 Å². The Morgan fingerprint density at radius 1 is 1.03 bits per heavy atom. The maximum Gasteiger partial charge on any atom is 0.256 e. The Kier molecular flexibility index (Phi) is 4.20. The van der Waals surface area contributed by atoms with E-state index in [0.717, 1.165) is 12.8 Å². The standard InChI is InChI=1S/C25H32N2O2/c1-24-13-12-20-16(19(24)10-9-18(24)15-6-4-3-5-7-15)8-11-21-25(20,2)14-17(22(26)28)23(29)27-21/h3-7,14,16,18-21H,8-13H2,1-2H3,(H2,26,28)(H,27,29)/t16-,18?,19-,20+,21?,24+,25+/m0/s1. The van der Waals surface area contributed by atoms with Crippen LogP contribution in [0.5, 0.6) is 0 Å². The Balaban J connectivity index is 1.49. The highest BCUT2D eigenvalue weighted by Crippen LogP contribution is 2.67. The van der Waals surface area contributed by atoms with Gasteiger partial charge in [0.25, 0.3) is 11.8 Å². The largest absolute Gasteiger partial charge is 0.365 e. The van der Waals surface area contributed by atoms with Crippen molar-refractivity contribution in [3.8, 4) is 0 Å². The molecule has 3 fully saturated rings. The lowest BCUT2D eigenvalue weighted by Crippen LogP contribution is -2.60. The summed E-state index contributed by atoms with van der Waals surface area (Å²) in [5.74, 6) is 1.63. The summed E-state index contributed by atoms with van der Waals surface area (Å²) in [6.45, 7) is 4.78. The third kappa shape index (κ3) is 2.64. The van der Waals surface area contributed by atoms with E-state index >= 15 is 0 Å². The van der Waals surface area contributed by atoms with E-state index in [-0.39, 0.29) is 22.9 Å². The number of benzene rings is 1. The fourth-order valence-electron chi connectivity index (χ4n) is 7.85. The SMILES string of the molecule is C[C@]12C=C(C(N)=O)C(=O)NC1CC[C@@H]1[C@H]2CC[C@]2(C)C(c3ccccc3)CC[C@@H]12. The number of nitrogens with two attached hydrogens (primary N) is 1. The second-order valence-electron chi connectivity index (χ2n) is 10.4. The van der Waals surface area contributed by atoms with E-state index in [0.29, 0.717) is 29.1 Å². The zero-order chi connectivity index (χ0) is 20.4. The molecule has 4 nitrogen and oxygen atoms in total. The number of rotatable bonds is 2. The van der Waals surface area contributed by atoms with E-state index < -0.39 is 5.91 Å². The summed E-state index contributed by atoms with van der Waals surface area (Å²) in [4.78, 5) is 24.2. The van der Waals surface area contributed by atoms with Gasteiger partial charge in [-0.1, -0.05) is 50.3 Å². The zero-order valence-electron chi connectivity index (χ0n) is 17.5. The van der Waals surface area contributed by atoms with Crippen molar-refractivity contribution in [2.45, 2.75) is 64.3 Å². The molecule has 0 spiro atoms. The second-order valence-corrected chi connectivity index (χ2v) is 10.4. The number of hydrogen-bond donors (Lipinski definition) is 2. The number of carbonyl (C=O) groups excluding carboxylic acids is 2. The van der Waals surface area contributed by atoms with Crippen molar-refractivity contribution in [3.05, 3.63) is 47.5 Å². The third-order valence-electron chi connectivity index (χ3n) is 9.25. The lowest BCUT2D eigenvalue weighted by molar-refractivity contribution is -0.127. The molecular weight excluding hydrogens is 360 g/mol. The summed E-state index contributed by atoms with van der Waals surface area (Å²) in [6.07, 6.45) is 9.05. The molecule has 0 radical (unpaired) electrons. The lowest BCUT2D eigenvalue weighted by atomic mass is 9.47. The number of nitrogens with one attached hydrogen (secondary N) is 1. The van der Waals surface area contributed by atoms with E-state index in [9.17, 15) is 9.59 Å². The summed E-state index contributed by atoms with van der Waals surface area (Å²) < 4.78 is 0. The highest BCUT2D eigenvalue weighted by Gasteiger charge is 2.60. The molecule has 2 unspecified atom stereocenters. The van der Waals surface area contributed by atoms with Gasteiger partial charge in [-0.25, -0.2) is 0 Å². The molecule has 7 atom stereocenters. The molecule has 29 heavy (non-hydrogen) atoms. The van der Waals surface area contributed by atoms with Gasteiger partial charge in [-0.05, 0) is 73.2 Å². The normalized spacial score (nSPS) is 43.4. The monoisotopic (exact) mass is 392 g/mol. The van der Waals surface area contributed by atoms with Crippen molar-refractivity contribution in [1.82, 2.24) is 5.32 Å². The van der Waals surface area contributed by atoms with Crippen molar-refractivity contribution in [2.75, 3.05) is 0 Å². The fourth-order valence-corrected chi connectivity index (χ4v) is 7.85.